The summed E-state index contributed by atoms with van der Waals surface area (Å²) in [6.45, 7) is 1.19. The summed E-state index contributed by atoms with van der Waals surface area (Å²) in [4.78, 5) is 19.9. The number of amidine groups is 1. The van der Waals surface area contributed by atoms with Crippen LogP contribution >= 0.6 is 40.1 Å². The van der Waals surface area contributed by atoms with Gasteiger partial charge in [-0.05, 0) is 30.0 Å². The number of hydrogen-bond donors (Lipinski definition) is 0. The predicted molar refractivity (Wildman–Crippen MR) is 102 cm³/mol. The fraction of sp³-hybridized carbons (Fsp3) is 0.250. The largest absolute Gasteiger partial charge is 0.313 e. The third-order valence-corrected chi connectivity index (χ3v) is 5.19. The van der Waals surface area contributed by atoms with E-state index in [4.69, 9.17) is 0 Å². The van der Waals surface area contributed by atoms with Gasteiger partial charge >= 0.3 is 0 Å². The Morgan fingerprint density at radius 3 is 2.64 bits per heavy atom. The number of halogens is 1. The fourth-order valence-corrected chi connectivity index (χ4v) is 3.77. The maximum Gasteiger partial charge on any atom is 0.192 e. The monoisotopic (exact) mass is 396 g/mol. The molecule has 0 saturated heterocycles. The Bertz CT molecular complexity index is 629. The number of benzene rings is 1. The van der Waals surface area contributed by atoms with E-state index in [1.807, 2.05) is 52.7 Å². The summed E-state index contributed by atoms with van der Waals surface area (Å²) in [5.41, 5.74) is 1.02. The Balaban J connectivity index is 0.00000176. The van der Waals surface area contributed by atoms with E-state index in [1.165, 1.54) is 11.3 Å². The number of para-hydroxylation sites is 1. The topological polar surface area (TPSA) is 32.7 Å². The van der Waals surface area contributed by atoms with Crippen molar-refractivity contribution in [2.75, 3.05) is 23.7 Å². The van der Waals surface area contributed by atoms with Crippen LogP contribution in [0, 0.1) is 0 Å². The molecule has 1 aliphatic heterocycles. The van der Waals surface area contributed by atoms with Crippen LogP contribution in [-0.4, -0.2) is 29.8 Å². The van der Waals surface area contributed by atoms with Crippen LogP contribution in [0.3, 0.4) is 0 Å². The first-order valence-corrected chi connectivity index (χ1v) is 8.77. The molecule has 2 heterocycles. The molecule has 0 spiro atoms. The molecule has 0 saturated carbocycles. The van der Waals surface area contributed by atoms with Gasteiger partial charge in [0.1, 0.15) is 0 Å². The second kappa shape index (κ2) is 8.50. The van der Waals surface area contributed by atoms with E-state index in [0.717, 1.165) is 34.5 Å². The van der Waals surface area contributed by atoms with Crippen molar-refractivity contribution in [3.8, 4) is 0 Å². The number of carbonyl (C=O) groups is 1. The lowest BCUT2D eigenvalue weighted by Gasteiger charge is -2.26. The number of thiophene rings is 1. The van der Waals surface area contributed by atoms with Crippen molar-refractivity contribution in [1.29, 1.82) is 0 Å². The molecule has 0 radical (unpaired) electrons. The lowest BCUT2D eigenvalue weighted by Crippen LogP contribution is -2.35. The van der Waals surface area contributed by atoms with Crippen molar-refractivity contribution in [3.63, 3.8) is 0 Å². The summed E-state index contributed by atoms with van der Waals surface area (Å²) in [6, 6.07) is 13.8. The van der Waals surface area contributed by atoms with Crippen molar-refractivity contribution < 1.29 is 4.79 Å². The van der Waals surface area contributed by atoms with Gasteiger partial charge in [0.25, 0.3) is 0 Å². The van der Waals surface area contributed by atoms with Crippen molar-refractivity contribution >= 4 is 56.7 Å². The number of hydrogen-bond acceptors (Lipinski definition) is 5. The van der Waals surface area contributed by atoms with Gasteiger partial charge in [-0.25, -0.2) is 0 Å². The molecule has 0 fully saturated rings. The molecule has 2 aromatic rings. The highest BCUT2D eigenvalue weighted by Gasteiger charge is 2.20. The minimum absolute atomic E-state index is 0. The summed E-state index contributed by atoms with van der Waals surface area (Å²) < 4.78 is 0. The molecular weight excluding hydrogens is 380 g/mol. The van der Waals surface area contributed by atoms with Crippen LogP contribution in [0.25, 0.3) is 0 Å². The van der Waals surface area contributed by atoms with Crippen LogP contribution in [0.2, 0.25) is 0 Å². The highest BCUT2D eigenvalue weighted by Crippen LogP contribution is 2.23. The zero-order valence-electron chi connectivity index (χ0n) is 12.0. The maximum atomic E-state index is 12.4. The van der Waals surface area contributed by atoms with Gasteiger partial charge in [0, 0.05) is 18.0 Å². The molecule has 0 atom stereocenters. The molecule has 6 heteroatoms. The van der Waals surface area contributed by atoms with E-state index < -0.39 is 0 Å². The second-order valence-corrected chi connectivity index (χ2v) is 6.70. The maximum absolute atomic E-state index is 12.4. The Morgan fingerprint density at radius 2 is 2.00 bits per heavy atom. The number of carbonyl (C=O) groups excluding carboxylic acids is 1. The van der Waals surface area contributed by atoms with Gasteiger partial charge < -0.3 is 4.90 Å². The number of thioether (sulfide) groups is 1. The molecule has 0 aliphatic carbocycles. The van der Waals surface area contributed by atoms with Crippen LogP contribution in [-0.2, 0) is 0 Å². The third kappa shape index (κ3) is 4.21. The second-order valence-electron chi connectivity index (χ2n) is 4.69. The summed E-state index contributed by atoms with van der Waals surface area (Å²) >= 11 is 3.22. The van der Waals surface area contributed by atoms with Crippen molar-refractivity contribution in [2.45, 2.75) is 6.42 Å². The molecule has 0 amide bonds. The van der Waals surface area contributed by atoms with Crippen molar-refractivity contribution in [1.82, 2.24) is 0 Å². The van der Waals surface area contributed by atoms with Gasteiger partial charge in [0.05, 0.1) is 11.4 Å². The molecule has 3 rings (SSSR count). The molecule has 0 N–H and O–H groups in total. The lowest BCUT2D eigenvalue weighted by molar-refractivity contribution is 0.101. The molecule has 1 aliphatic rings. The highest BCUT2D eigenvalue weighted by molar-refractivity contribution is 8.93. The van der Waals surface area contributed by atoms with Gasteiger partial charge in [-0.15, -0.1) is 28.3 Å². The summed E-state index contributed by atoms with van der Waals surface area (Å²) in [5, 5.41) is 2.89. The van der Waals surface area contributed by atoms with E-state index in [-0.39, 0.29) is 22.8 Å². The number of nitrogens with zero attached hydrogens (tertiary/aromatic N) is 2. The van der Waals surface area contributed by atoms with Gasteiger partial charge in [-0.2, -0.15) is 0 Å². The predicted octanol–water partition coefficient (Wildman–Crippen LogP) is 4.51. The van der Waals surface area contributed by atoms with Crippen LogP contribution in [0.1, 0.15) is 16.1 Å². The minimum atomic E-state index is 0. The third-order valence-electron chi connectivity index (χ3n) is 3.18. The van der Waals surface area contributed by atoms with Gasteiger partial charge in [-0.1, -0.05) is 36.0 Å². The number of aliphatic imine (C=N–C) groups is 1. The molecule has 22 heavy (non-hydrogen) atoms. The lowest BCUT2D eigenvalue weighted by atomic mass is 10.2. The van der Waals surface area contributed by atoms with E-state index in [0.29, 0.717) is 6.54 Å². The summed E-state index contributed by atoms with van der Waals surface area (Å²) in [7, 11) is 0. The molecule has 1 aromatic carbocycles. The standard InChI is InChI=1S/C16H16N2OS2.BrH/c19-14(15-8-4-10-20-15)12-18(13-6-2-1-3-7-13)16-17-9-5-11-21-16;/h1-4,6-8,10H,5,9,11-12H2;1H. The molecule has 1 aromatic heterocycles. The van der Waals surface area contributed by atoms with Crippen molar-refractivity contribution in [3.05, 3.63) is 52.7 Å². The number of ketones is 1. The molecule has 0 unspecified atom stereocenters. The molecular formula is C16H17BrN2OS2. The van der Waals surface area contributed by atoms with Gasteiger partial charge in [-0.3, -0.25) is 9.79 Å². The van der Waals surface area contributed by atoms with Crippen molar-refractivity contribution in [2.24, 2.45) is 4.99 Å². The average molecular weight is 397 g/mol. The number of Topliss-reactive ketones (excluding diaryl/α,β-unsaturated/α-hetero) is 1. The van der Waals surface area contributed by atoms with Crippen LogP contribution in [0.4, 0.5) is 5.69 Å². The summed E-state index contributed by atoms with van der Waals surface area (Å²) in [6.07, 6.45) is 1.11. The Kier molecular flexibility index (Phi) is 6.67. The van der Waals surface area contributed by atoms with E-state index >= 15 is 0 Å². The zero-order valence-corrected chi connectivity index (χ0v) is 15.3. The quantitative estimate of drug-likeness (QED) is 0.712. The zero-order chi connectivity index (χ0) is 14.5. The van der Waals surface area contributed by atoms with Crippen LogP contribution in [0.15, 0.2) is 52.8 Å². The molecule has 3 nitrogen and oxygen atoms in total. The Hall–Kier alpha value is -1.11. The smallest absolute Gasteiger partial charge is 0.192 e. The first-order chi connectivity index (χ1) is 10.3. The first kappa shape index (κ1) is 17.2. The van der Waals surface area contributed by atoms with Crippen LogP contribution < -0.4 is 4.90 Å². The van der Waals surface area contributed by atoms with E-state index in [1.54, 1.807) is 11.8 Å². The van der Waals surface area contributed by atoms with E-state index in [2.05, 4.69) is 4.99 Å². The average Bonchev–Trinajstić information content (AvgIpc) is 3.09. The number of rotatable bonds is 4. The van der Waals surface area contributed by atoms with E-state index in [9.17, 15) is 4.79 Å². The Labute approximate surface area is 149 Å². The molecule has 116 valence electrons. The van der Waals surface area contributed by atoms with Crippen LogP contribution in [0.5, 0.6) is 0 Å². The number of anilines is 1. The normalized spacial score (nSPS) is 13.9. The molecule has 0 bridgehead atoms. The summed E-state index contributed by atoms with van der Waals surface area (Å²) in [5.74, 6) is 1.21. The first-order valence-electron chi connectivity index (χ1n) is 6.91. The minimum Gasteiger partial charge on any atom is -0.313 e. The van der Waals surface area contributed by atoms with Gasteiger partial charge in [0.15, 0.2) is 11.0 Å². The van der Waals surface area contributed by atoms with Gasteiger partial charge in [0.2, 0.25) is 0 Å². The Morgan fingerprint density at radius 1 is 1.18 bits per heavy atom. The SMILES string of the molecule is Br.O=C(CN(C1=NCCCS1)c1ccccc1)c1cccs1. The highest BCUT2D eigenvalue weighted by atomic mass is 79.9. The fourth-order valence-electron chi connectivity index (χ4n) is 2.15.